The highest BCUT2D eigenvalue weighted by Gasteiger charge is 1.99. The van der Waals surface area contributed by atoms with Crippen molar-refractivity contribution < 1.29 is 4.42 Å². The number of H-pyrrole nitrogens is 1. The van der Waals surface area contributed by atoms with E-state index in [4.69, 9.17) is 4.42 Å². The summed E-state index contributed by atoms with van der Waals surface area (Å²) < 4.78 is 5.30. The fourth-order valence-corrected chi connectivity index (χ4v) is 1.17. The van der Waals surface area contributed by atoms with Crippen LogP contribution < -0.4 is 5.32 Å². The van der Waals surface area contributed by atoms with E-state index in [1.54, 1.807) is 12.4 Å². The van der Waals surface area contributed by atoms with Crippen molar-refractivity contribution in [2.24, 2.45) is 0 Å². The third-order valence-corrected chi connectivity index (χ3v) is 1.82. The third kappa shape index (κ3) is 2.20. The molecule has 0 unspecified atom stereocenters. The van der Waals surface area contributed by atoms with Gasteiger partial charge in [0.25, 0.3) is 0 Å². The first-order valence-corrected chi connectivity index (χ1v) is 4.45. The van der Waals surface area contributed by atoms with Crippen LogP contribution >= 0.6 is 0 Å². The minimum Gasteiger partial charge on any atom is -0.445 e. The van der Waals surface area contributed by atoms with Crippen LogP contribution in [0.3, 0.4) is 0 Å². The Morgan fingerprint density at radius 1 is 1.50 bits per heavy atom. The van der Waals surface area contributed by atoms with Gasteiger partial charge in [0.2, 0.25) is 5.89 Å². The van der Waals surface area contributed by atoms with Crippen LogP contribution in [0, 0.1) is 6.92 Å². The van der Waals surface area contributed by atoms with E-state index in [-0.39, 0.29) is 0 Å². The number of nitrogens with one attached hydrogen (secondary N) is 2. The van der Waals surface area contributed by atoms with E-state index >= 15 is 0 Å². The van der Waals surface area contributed by atoms with Crippen LogP contribution in [0.2, 0.25) is 0 Å². The summed E-state index contributed by atoms with van der Waals surface area (Å²) in [6.07, 6.45) is 3.44. The maximum Gasteiger partial charge on any atom is 0.208 e. The van der Waals surface area contributed by atoms with E-state index in [9.17, 15) is 0 Å². The highest BCUT2D eigenvalue weighted by atomic mass is 16.4. The van der Waals surface area contributed by atoms with Crippen molar-refractivity contribution in [3.05, 3.63) is 35.8 Å². The lowest BCUT2D eigenvalue weighted by molar-refractivity contribution is 0.448. The molecule has 2 aromatic rings. The lowest BCUT2D eigenvalue weighted by Gasteiger charge is -1.98. The first-order chi connectivity index (χ1) is 6.84. The standard InChI is InChI=1S/C9H12N4O/c1-7-4-11-9(14-7)6-10-5-8-2-3-12-13-8/h2-4,10H,5-6H2,1H3,(H,12,13). The zero-order valence-corrected chi connectivity index (χ0v) is 7.95. The first-order valence-electron chi connectivity index (χ1n) is 4.45. The molecule has 2 rings (SSSR count). The van der Waals surface area contributed by atoms with Crippen molar-refractivity contribution in [3.8, 4) is 0 Å². The monoisotopic (exact) mass is 192 g/mol. The fraction of sp³-hybridized carbons (Fsp3) is 0.333. The number of aromatic amines is 1. The number of aromatic nitrogens is 3. The number of rotatable bonds is 4. The maximum atomic E-state index is 5.30. The normalized spacial score (nSPS) is 10.6. The van der Waals surface area contributed by atoms with Gasteiger partial charge in [0.05, 0.1) is 12.7 Å². The van der Waals surface area contributed by atoms with Gasteiger partial charge in [-0.1, -0.05) is 0 Å². The summed E-state index contributed by atoms with van der Waals surface area (Å²) in [5, 5.41) is 9.90. The Bertz CT molecular complexity index is 379. The molecule has 74 valence electrons. The van der Waals surface area contributed by atoms with Crippen molar-refractivity contribution >= 4 is 0 Å². The number of oxazole rings is 1. The second kappa shape index (κ2) is 4.06. The summed E-state index contributed by atoms with van der Waals surface area (Å²) in [6.45, 7) is 3.25. The average molecular weight is 192 g/mol. The molecular weight excluding hydrogens is 180 g/mol. The lowest BCUT2D eigenvalue weighted by atomic mass is 10.4. The molecule has 0 saturated heterocycles. The number of nitrogens with zero attached hydrogens (tertiary/aromatic N) is 2. The van der Waals surface area contributed by atoms with Gasteiger partial charge in [-0.3, -0.25) is 5.10 Å². The molecule has 5 nitrogen and oxygen atoms in total. The molecule has 0 amide bonds. The Labute approximate surface area is 81.5 Å². The Kier molecular flexibility index (Phi) is 2.60. The summed E-state index contributed by atoms with van der Waals surface area (Å²) in [5.41, 5.74) is 1.05. The summed E-state index contributed by atoms with van der Waals surface area (Å²) in [6, 6.07) is 1.92. The molecule has 0 aliphatic heterocycles. The predicted molar refractivity (Wildman–Crippen MR) is 50.4 cm³/mol. The zero-order chi connectivity index (χ0) is 9.80. The number of hydrogen-bond donors (Lipinski definition) is 2. The van der Waals surface area contributed by atoms with E-state index in [0.29, 0.717) is 12.4 Å². The van der Waals surface area contributed by atoms with Gasteiger partial charge in [0, 0.05) is 18.4 Å². The lowest BCUT2D eigenvalue weighted by Crippen LogP contribution is -2.13. The van der Waals surface area contributed by atoms with Crippen LogP contribution in [0.25, 0.3) is 0 Å². The van der Waals surface area contributed by atoms with Crippen molar-refractivity contribution in [1.29, 1.82) is 0 Å². The zero-order valence-electron chi connectivity index (χ0n) is 7.95. The molecule has 2 aromatic heterocycles. The van der Waals surface area contributed by atoms with E-state index in [2.05, 4.69) is 20.5 Å². The van der Waals surface area contributed by atoms with Gasteiger partial charge >= 0.3 is 0 Å². The topological polar surface area (TPSA) is 66.7 Å². The largest absolute Gasteiger partial charge is 0.445 e. The fourth-order valence-electron chi connectivity index (χ4n) is 1.17. The van der Waals surface area contributed by atoms with Gasteiger partial charge in [0.1, 0.15) is 5.76 Å². The molecule has 0 aliphatic rings. The number of hydrogen-bond acceptors (Lipinski definition) is 4. The van der Waals surface area contributed by atoms with Crippen LogP contribution in [0.1, 0.15) is 17.3 Å². The molecule has 0 bridgehead atoms. The van der Waals surface area contributed by atoms with Crippen molar-refractivity contribution in [2.45, 2.75) is 20.0 Å². The molecule has 0 saturated carbocycles. The molecule has 0 spiro atoms. The average Bonchev–Trinajstić information content (AvgIpc) is 2.77. The van der Waals surface area contributed by atoms with Crippen LogP contribution in [-0.4, -0.2) is 15.2 Å². The van der Waals surface area contributed by atoms with Crippen molar-refractivity contribution in [3.63, 3.8) is 0 Å². The summed E-state index contributed by atoms with van der Waals surface area (Å²) in [5.74, 6) is 1.55. The molecule has 2 heterocycles. The van der Waals surface area contributed by atoms with Gasteiger partial charge in [-0.15, -0.1) is 0 Å². The summed E-state index contributed by atoms with van der Waals surface area (Å²) >= 11 is 0. The van der Waals surface area contributed by atoms with Gasteiger partial charge in [-0.05, 0) is 13.0 Å². The molecule has 5 heteroatoms. The summed E-state index contributed by atoms with van der Waals surface area (Å²) in [4.78, 5) is 4.08. The van der Waals surface area contributed by atoms with E-state index in [1.165, 1.54) is 0 Å². The van der Waals surface area contributed by atoms with Gasteiger partial charge in [0.15, 0.2) is 0 Å². The molecule has 0 fully saturated rings. The third-order valence-electron chi connectivity index (χ3n) is 1.82. The maximum absolute atomic E-state index is 5.30. The Hall–Kier alpha value is -1.62. The first kappa shape index (κ1) is 8.96. The minimum atomic E-state index is 0.632. The second-order valence-electron chi connectivity index (χ2n) is 3.05. The second-order valence-corrected chi connectivity index (χ2v) is 3.05. The smallest absolute Gasteiger partial charge is 0.208 e. The van der Waals surface area contributed by atoms with Gasteiger partial charge < -0.3 is 9.73 Å². The Morgan fingerprint density at radius 3 is 3.07 bits per heavy atom. The molecule has 2 N–H and O–H groups in total. The van der Waals surface area contributed by atoms with Crippen molar-refractivity contribution in [2.75, 3.05) is 0 Å². The summed E-state index contributed by atoms with van der Waals surface area (Å²) in [7, 11) is 0. The highest BCUT2D eigenvalue weighted by molar-refractivity contribution is 4.97. The highest BCUT2D eigenvalue weighted by Crippen LogP contribution is 2.01. The van der Waals surface area contributed by atoms with Crippen LogP contribution in [0.15, 0.2) is 22.9 Å². The van der Waals surface area contributed by atoms with Gasteiger partial charge in [-0.2, -0.15) is 5.10 Å². The van der Waals surface area contributed by atoms with E-state index < -0.39 is 0 Å². The molecule has 0 aromatic carbocycles. The quantitative estimate of drug-likeness (QED) is 0.758. The molecule has 0 radical (unpaired) electrons. The van der Waals surface area contributed by atoms with Crippen molar-refractivity contribution in [1.82, 2.24) is 20.5 Å². The molecular formula is C9H12N4O. The minimum absolute atomic E-state index is 0.632. The van der Waals surface area contributed by atoms with Crippen LogP contribution in [0.4, 0.5) is 0 Å². The van der Waals surface area contributed by atoms with Crippen LogP contribution in [-0.2, 0) is 13.1 Å². The number of aryl methyl sites for hydroxylation is 1. The Morgan fingerprint density at radius 2 is 2.43 bits per heavy atom. The Balaban J connectivity index is 1.78. The van der Waals surface area contributed by atoms with E-state index in [0.717, 1.165) is 18.0 Å². The molecule has 0 aliphatic carbocycles. The SMILES string of the molecule is Cc1cnc(CNCc2ccn[nH]2)o1. The van der Waals surface area contributed by atoms with Gasteiger partial charge in [-0.25, -0.2) is 4.98 Å². The van der Waals surface area contributed by atoms with Crippen LogP contribution in [0.5, 0.6) is 0 Å². The molecule has 14 heavy (non-hydrogen) atoms. The predicted octanol–water partition coefficient (Wildman–Crippen LogP) is 0.996. The molecule has 0 atom stereocenters. The van der Waals surface area contributed by atoms with E-state index in [1.807, 2.05) is 13.0 Å².